The van der Waals surface area contributed by atoms with Crippen molar-refractivity contribution in [2.24, 2.45) is 5.10 Å². The zero-order valence-corrected chi connectivity index (χ0v) is 15.9. The van der Waals surface area contributed by atoms with Crippen LogP contribution in [-0.4, -0.2) is 17.2 Å². The highest BCUT2D eigenvalue weighted by Crippen LogP contribution is 2.25. The number of hydrogen-bond acceptors (Lipinski definition) is 3. The first-order valence-electron chi connectivity index (χ1n) is 8.96. The van der Waals surface area contributed by atoms with Gasteiger partial charge in [-0.25, -0.2) is 5.43 Å². The molecule has 0 heterocycles. The van der Waals surface area contributed by atoms with Crippen molar-refractivity contribution in [3.05, 3.63) is 77.4 Å². The molecule has 4 heteroatoms. The largest absolute Gasteiger partial charge is 0.507 e. The molecule has 2 N–H and O–H groups in total. The molecule has 0 aliphatic carbocycles. The molecule has 0 radical (unpaired) electrons. The van der Waals surface area contributed by atoms with Crippen LogP contribution in [0.5, 0.6) is 5.75 Å². The first-order chi connectivity index (χ1) is 12.8. The van der Waals surface area contributed by atoms with Crippen LogP contribution in [0, 0.1) is 0 Å². The number of hydrazone groups is 1. The first kappa shape index (κ1) is 18.6. The topological polar surface area (TPSA) is 61.7 Å². The van der Waals surface area contributed by atoms with Gasteiger partial charge in [-0.15, -0.1) is 0 Å². The summed E-state index contributed by atoms with van der Waals surface area (Å²) in [7, 11) is 0. The molecule has 0 atom stereocenters. The van der Waals surface area contributed by atoms with Crippen LogP contribution in [0.1, 0.15) is 37.5 Å². The van der Waals surface area contributed by atoms with Crippen LogP contribution in [-0.2, 0) is 16.6 Å². The number of phenolic OH excluding ortho intramolecular Hbond substituents is 1. The van der Waals surface area contributed by atoms with Gasteiger partial charge in [0.2, 0.25) is 5.91 Å². The fourth-order valence-electron chi connectivity index (χ4n) is 2.94. The third kappa shape index (κ3) is 4.53. The summed E-state index contributed by atoms with van der Waals surface area (Å²) in [6.07, 6.45) is 1.74. The van der Waals surface area contributed by atoms with Crippen LogP contribution in [0.4, 0.5) is 0 Å². The van der Waals surface area contributed by atoms with Gasteiger partial charge in [-0.05, 0) is 33.4 Å². The SMILES string of the molecule is CC(C)(C)c1ccc(CC(=O)N/N=C/c2c(O)ccc3ccccc23)cc1. The lowest BCUT2D eigenvalue weighted by Crippen LogP contribution is -2.20. The van der Waals surface area contributed by atoms with Crippen LogP contribution in [0.3, 0.4) is 0 Å². The maximum absolute atomic E-state index is 12.1. The van der Waals surface area contributed by atoms with Crippen molar-refractivity contribution in [3.8, 4) is 5.75 Å². The highest BCUT2D eigenvalue weighted by atomic mass is 16.3. The number of carbonyl (C=O) groups is 1. The maximum Gasteiger partial charge on any atom is 0.244 e. The summed E-state index contributed by atoms with van der Waals surface area (Å²) < 4.78 is 0. The summed E-state index contributed by atoms with van der Waals surface area (Å²) in [4.78, 5) is 12.1. The number of aromatic hydroxyl groups is 1. The van der Waals surface area contributed by atoms with Crippen molar-refractivity contribution < 1.29 is 9.90 Å². The molecule has 138 valence electrons. The minimum Gasteiger partial charge on any atom is -0.507 e. The standard InChI is InChI=1S/C23H24N2O2/c1-23(2,3)18-11-8-16(9-12-18)14-22(27)25-24-15-20-19-7-5-4-6-17(19)10-13-21(20)26/h4-13,15,26H,14H2,1-3H3,(H,25,27)/b24-15+. The number of benzene rings is 3. The lowest BCUT2D eigenvalue weighted by atomic mass is 9.86. The third-order valence-corrected chi connectivity index (χ3v) is 4.52. The Morgan fingerprint density at radius 2 is 1.74 bits per heavy atom. The van der Waals surface area contributed by atoms with E-state index in [1.807, 2.05) is 42.5 Å². The monoisotopic (exact) mass is 360 g/mol. The van der Waals surface area contributed by atoms with Gasteiger partial charge in [-0.3, -0.25) is 4.79 Å². The van der Waals surface area contributed by atoms with Gasteiger partial charge in [0.25, 0.3) is 0 Å². The number of hydrogen-bond donors (Lipinski definition) is 2. The molecule has 0 saturated carbocycles. The smallest absolute Gasteiger partial charge is 0.244 e. The molecular formula is C23H24N2O2. The number of rotatable bonds is 4. The molecule has 0 saturated heterocycles. The average Bonchev–Trinajstić information content (AvgIpc) is 2.63. The van der Waals surface area contributed by atoms with Crippen molar-refractivity contribution in [2.75, 3.05) is 0 Å². The van der Waals surface area contributed by atoms with Gasteiger partial charge in [0.05, 0.1) is 12.6 Å². The van der Waals surface area contributed by atoms with Crippen molar-refractivity contribution >= 4 is 22.9 Å². The second kappa shape index (κ2) is 7.62. The molecule has 0 aromatic heterocycles. The summed E-state index contributed by atoms with van der Waals surface area (Å²) in [6.45, 7) is 6.48. The van der Waals surface area contributed by atoms with Crippen LogP contribution >= 0.6 is 0 Å². The summed E-state index contributed by atoms with van der Waals surface area (Å²) in [5.41, 5.74) is 5.38. The van der Waals surface area contributed by atoms with Crippen LogP contribution < -0.4 is 5.43 Å². The van der Waals surface area contributed by atoms with E-state index < -0.39 is 0 Å². The van der Waals surface area contributed by atoms with Crippen molar-refractivity contribution in [3.63, 3.8) is 0 Å². The molecular weight excluding hydrogens is 336 g/mol. The second-order valence-electron chi connectivity index (χ2n) is 7.64. The Morgan fingerprint density at radius 1 is 1.04 bits per heavy atom. The number of amides is 1. The Morgan fingerprint density at radius 3 is 2.44 bits per heavy atom. The van der Waals surface area contributed by atoms with E-state index in [1.54, 1.807) is 6.07 Å². The Kier molecular flexibility index (Phi) is 5.26. The van der Waals surface area contributed by atoms with Gasteiger partial charge in [0.15, 0.2) is 0 Å². The summed E-state index contributed by atoms with van der Waals surface area (Å²) in [5, 5.41) is 16.0. The van der Waals surface area contributed by atoms with Crippen molar-refractivity contribution in [1.29, 1.82) is 0 Å². The third-order valence-electron chi connectivity index (χ3n) is 4.52. The summed E-state index contributed by atoms with van der Waals surface area (Å²) >= 11 is 0. The molecule has 3 aromatic rings. The molecule has 3 rings (SSSR count). The number of carbonyl (C=O) groups excluding carboxylic acids is 1. The molecule has 0 unspecified atom stereocenters. The van der Waals surface area contributed by atoms with E-state index >= 15 is 0 Å². The molecule has 1 amide bonds. The number of nitrogens with one attached hydrogen (secondary N) is 1. The van der Waals surface area contributed by atoms with Gasteiger partial charge in [0.1, 0.15) is 5.75 Å². The fraction of sp³-hybridized carbons (Fsp3) is 0.217. The molecule has 0 aliphatic heterocycles. The van der Waals surface area contributed by atoms with Gasteiger partial charge in [-0.1, -0.05) is 75.4 Å². The van der Waals surface area contributed by atoms with Crippen LogP contribution in [0.2, 0.25) is 0 Å². The lowest BCUT2D eigenvalue weighted by Gasteiger charge is -2.19. The predicted octanol–water partition coefficient (Wildman–Crippen LogP) is 4.54. The van der Waals surface area contributed by atoms with E-state index in [0.29, 0.717) is 5.56 Å². The zero-order valence-electron chi connectivity index (χ0n) is 15.9. The Hall–Kier alpha value is -3.14. The van der Waals surface area contributed by atoms with Gasteiger partial charge < -0.3 is 5.11 Å². The van der Waals surface area contributed by atoms with E-state index in [0.717, 1.165) is 16.3 Å². The molecule has 4 nitrogen and oxygen atoms in total. The van der Waals surface area contributed by atoms with Crippen molar-refractivity contribution in [2.45, 2.75) is 32.6 Å². The van der Waals surface area contributed by atoms with E-state index in [-0.39, 0.29) is 23.5 Å². The zero-order chi connectivity index (χ0) is 19.4. The van der Waals surface area contributed by atoms with Gasteiger partial charge >= 0.3 is 0 Å². The number of nitrogens with zero attached hydrogens (tertiary/aromatic N) is 1. The molecule has 0 spiro atoms. The molecule has 27 heavy (non-hydrogen) atoms. The Balaban J connectivity index is 1.67. The average molecular weight is 360 g/mol. The molecule has 0 aliphatic rings. The predicted molar refractivity (Wildman–Crippen MR) is 110 cm³/mol. The van der Waals surface area contributed by atoms with Crippen molar-refractivity contribution in [1.82, 2.24) is 5.43 Å². The Labute approximate surface area is 159 Å². The highest BCUT2D eigenvalue weighted by molar-refractivity contribution is 6.02. The number of phenols is 1. The minimum atomic E-state index is -0.200. The molecule has 0 fully saturated rings. The maximum atomic E-state index is 12.1. The highest BCUT2D eigenvalue weighted by Gasteiger charge is 2.13. The second-order valence-corrected chi connectivity index (χ2v) is 7.64. The summed E-state index contributed by atoms with van der Waals surface area (Å²) in [6, 6.07) is 19.2. The lowest BCUT2D eigenvalue weighted by molar-refractivity contribution is -0.120. The van der Waals surface area contributed by atoms with E-state index in [1.165, 1.54) is 11.8 Å². The van der Waals surface area contributed by atoms with E-state index in [9.17, 15) is 9.90 Å². The quantitative estimate of drug-likeness (QED) is 0.530. The van der Waals surface area contributed by atoms with Gasteiger partial charge in [0, 0.05) is 5.56 Å². The molecule has 0 bridgehead atoms. The fourth-order valence-corrected chi connectivity index (χ4v) is 2.94. The van der Waals surface area contributed by atoms with E-state index in [2.05, 4.69) is 43.4 Å². The van der Waals surface area contributed by atoms with Crippen LogP contribution in [0.25, 0.3) is 10.8 Å². The molecule has 3 aromatic carbocycles. The van der Waals surface area contributed by atoms with Gasteiger partial charge in [-0.2, -0.15) is 5.10 Å². The number of fused-ring (bicyclic) bond motifs is 1. The Bertz CT molecular complexity index is 983. The summed E-state index contributed by atoms with van der Waals surface area (Å²) in [5.74, 6) is -0.0704. The van der Waals surface area contributed by atoms with Crippen LogP contribution in [0.15, 0.2) is 65.8 Å². The van der Waals surface area contributed by atoms with E-state index in [4.69, 9.17) is 0 Å². The minimum absolute atomic E-state index is 0.0888. The first-order valence-corrected chi connectivity index (χ1v) is 8.96. The normalized spacial score (nSPS) is 11.8.